The number of allylic oxidation sites excluding steroid dienone is 2. The molecule has 0 spiro atoms. The quantitative estimate of drug-likeness (QED) is 0.0995. The van der Waals surface area contributed by atoms with E-state index in [1.54, 1.807) is 17.6 Å². The summed E-state index contributed by atoms with van der Waals surface area (Å²) in [5, 5.41) is 41.3. The Bertz CT molecular complexity index is 1600. The van der Waals surface area contributed by atoms with E-state index in [9.17, 15) is 29.7 Å². The Kier molecular flexibility index (Phi) is 9.76. The van der Waals surface area contributed by atoms with Crippen LogP contribution in [0.1, 0.15) is 62.5 Å². The van der Waals surface area contributed by atoms with Crippen molar-refractivity contribution in [3.63, 3.8) is 0 Å². The van der Waals surface area contributed by atoms with Crippen LogP contribution in [0.25, 0.3) is 18.2 Å². The number of hydrogen-bond donors (Lipinski definition) is 8. The molecule has 12 heteroatoms. The lowest BCUT2D eigenvalue weighted by Gasteiger charge is -2.20. The van der Waals surface area contributed by atoms with Crippen molar-refractivity contribution in [1.29, 1.82) is 0 Å². The molecule has 6 atom stereocenters. The third kappa shape index (κ3) is 6.97. The first-order valence-corrected chi connectivity index (χ1v) is 16.6. The highest BCUT2D eigenvalue weighted by Crippen LogP contribution is 2.47. The molecule has 1 amide bonds. The molecule has 2 unspecified atom stereocenters. The van der Waals surface area contributed by atoms with Gasteiger partial charge in [-0.3, -0.25) is 9.59 Å². The molecule has 4 aliphatic rings. The predicted molar refractivity (Wildman–Crippen MR) is 180 cm³/mol. The second kappa shape index (κ2) is 13.4. The number of aliphatic hydroxyl groups is 1. The molecule has 0 aromatic carbocycles. The Morgan fingerprint density at radius 2 is 1.73 bits per heavy atom. The Labute approximate surface area is 272 Å². The highest BCUT2D eigenvalue weighted by atomic mass is 32.2. The minimum atomic E-state index is -1.07. The van der Waals surface area contributed by atoms with E-state index in [1.165, 1.54) is 0 Å². The second-order valence-electron chi connectivity index (χ2n) is 12.1. The number of carbonyl (C=O) groups excluding carboxylic acids is 1. The molecular weight excluding hydrogens is 613 g/mol. The fourth-order valence-electron chi connectivity index (χ4n) is 6.60. The molecule has 1 aromatic rings. The molecule has 0 aliphatic carbocycles. The molecule has 0 radical (unpaired) electrons. The SMILES string of the molecule is CC1=C(CCC(=O)O)/C(=C/c2[nH]c(/C=C3\NC(O)[C@H](C)[C@H]3[C@@H]3CS3)c(C)c2/C=C\C(=O)O)NC1C[C@H]1NC(=O)C(/C=C\S)=C1C. The number of aliphatic carboxylic acids is 2. The molecule has 7 N–H and O–H groups in total. The summed E-state index contributed by atoms with van der Waals surface area (Å²) in [4.78, 5) is 39.1. The smallest absolute Gasteiger partial charge is 0.328 e. The van der Waals surface area contributed by atoms with Gasteiger partial charge >= 0.3 is 11.9 Å². The predicted octanol–water partition coefficient (Wildman–Crippen LogP) is 4.19. The number of carboxylic acid groups (broad SMARTS) is 2. The molecule has 1 aromatic heterocycles. The lowest BCUT2D eigenvalue weighted by Crippen LogP contribution is -2.36. The minimum absolute atomic E-state index is 0.0476. The van der Waals surface area contributed by atoms with Gasteiger partial charge in [0, 0.05) is 75.3 Å². The van der Waals surface area contributed by atoms with Crippen LogP contribution in [0.5, 0.6) is 0 Å². The Morgan fingerprint density at radius 1 is 1.02 bits per heavy atom. The van der Waals surface area contributed by atoms with Crippen molar-refractivity contribution in [3.05, 3.63) is 73.8 Å². The number of thiol groups is 1. The van der Waals surface area contributed by atoms with Gasteiger partial charge in [0.05, 0.1) is 6.04 Å². The first kappa shape index (κ1) is 32.8. The van der Waals surface area contributed by atoms with Gasteiger partial charge in [0.15, 0.2) is 0 Å². The van der Waals surface area contributed by atoms with Gasteiger partial charge < -0.3 is 36.3 Å². The molecule has 2 fully saturated rings. The maximum Gasteiger partial charge on any atom is 0.328 e. The fourth-order valence-corrected chi connectivity index (χ4v) is 7.67. The monoisotopic (exact) mass is 652 g/mol. The zero-order valence-electron chi connectivity index (χ0n) is 25.7. The van der Waals surface area contributed by atoms with Crippen LogP contribution >= 0.6 is 24.4 Å². The zero-order valence-corrected chi connectivity index (χ0v) is 27.4. The molecule has 5 rings (SSSR count). The molecular formula is C33H40N4O6S2. The third-order valence-corrected chi connectivity index (χ3v) is 10.5. The Balaban J connectivity index is 1.52. The molecule has 0 bridgehead atoms. The minimum Gasteiger partial charge on any atom is -0.481 e. The number of carbonyl (C=O) groups is 3. The van der Waals surface area contributed by atoms with Crippen LogP contribution in [-0.2, 0) is 14.4 Å². The van der Waals surface area contributed by atoms with E-state index in [4.69, 9.17) is 0 Å². The average molecular weight is 653 g/mol. The molecule has 5 heterocycles. The summed E-state index contributed by atoms with van der Waals surface area (Å²) < 4.78 is 0. The van der Waals surface area contributed by atoms with Gasteiger partial charge in [-0.15, -0.1) is 0 Å². The number of carboxylic acids is 2. The van der Waals surface area contributed by atoms with Crippen LogP contribution in [0.4, 0.5) is 0 Å². The molecule has 10 nitrogen and oxygen atoms in total. The van der Waals surface area contributed by atoms with Crippen LogP contribution in [-0.4, -0.2) is 67.5 Å². The summed E-state index contributed by atoms with van der Waals surface area (Å²) in [5.41, 5.74) is 8.13. The second-order valence-corrected chi connectivity index (χ2v) is 13.7. The maximum absolute atomic E-state index is 12.5. The van der Waals surface area contributed by atoms with Crippen LogP contribution in [0, 0.1) is 18.8 Å². The molecule has 2 saturated heterocycles. The van der Waals surface area contributed by atoms with Crippen molar-refractivity contribution in [2.45, 2.75) is 70.5 Å². The van der Waals surface area contributed by atoms with Crippen molar-refractivity contribution in [3.8, 4) is 0 Å². The Hall–Kier alpha value is -3.61. The maximum atomic E-state index is 12.5. The van der Waals surface area contributed by atoms with E-state index in [-0.39, 0.29) is 36.2 Å². The van der Waals surface area contributed by atoms with Gasteiger partial charge in [0.1, 0.15) is 6.23 Å². The van der Waals surface area contributed by atoms with Crippen LogP contribution in [0.3, 0.4) is 0 Å². The summed E-state index contributed by atoms with van der Waals surface area (Å²) in [6.07, 6.45) is 8.47. The summed E-state index contributed by atoms with van der Waals surface area (Å²) in [7, 11) is 0. The lowest BCUT2D eigenvalue weighted by atomic mass is 9.91. The highest BCUT2D eigenvalue weighted by Gasteiger charge is 2.45. The molecule has 4 aliphatic heterocycles. The number of rotatable bonds is 11. The van der Waals surface area contributed by atoms with Crippen molar-refractivity contribution < 1.29 is 29.7 Å². The first-order chi connectivity index (χ1) is 21.4. The van der Waals surface area contributed by atoms with Gasteiger partial charge in [0.2, 0.25) is 0 Å². The summed E-state index contributed by atoms with van der Waals surface area (Å²) >= 11 is 5.99. The third-order valence-electron chi connectivity index (χ3n) is 9.30. The zero-order chi connectivity index (χ0) is 32.6. The van der Waals surface area contributed by atoms with E-state index in [0.29, 0.717) is 34.9 Å². The van der Waals surface area contributed by atoms with Gasteiger partial charge in [-0.25, -0.2) is 4.79 Å². The van der Waals surface area contributed by atoms with E-state index < -0.39 is 18.2 Å². The number of aliphatic hydroxyl groups excluding tert-OH is 1. The van der Waals surface area contributed by atoms with Crippen LogP contribution < -0.4 is 16.0 Å². The van der Waals surface area contributed by atoms with Crippen molar-refractivity contribution in [1.82, 2.24) is 20.9 Å². The Morgan fingerprint density at radius 3 is 2.38 bits per heavy atom. The number of hydrogen-bond acceptors (Lipinski definition) is 8. The topological polar surface area (TPSA) is 164 Å². The lowest BCUT2D eigenvalue weighted by molar-refractivity contribution is -0.137. The van der Waals surface area contributed by atoms with E-state index in [0.717, 1.165) is 51.2 Å². The van der Waals surface area contributed by atoms with Crippen LogP contribution in [0.2, 0.25) is 0 Å². The largest absolute Gasteiger partial charge is 0.481 e. The number of nitrogens with one attached hydrogen (secondary N) is 4. The van der Waals surface area contributed by atoms with Gasteiger partial charge in [-0.05, 0) is 85.6 Å². The van der Waals surface area contributed by atoms with Crippen LogP contribution in [0.15, 0.2) is 51.2 Å². The van der Waals surface area contributed by atoms with Crippen molar-refractivity contribution in [2.24, 2.45) is 11.8 Å². The number of aromatic nitrogens is 1. The van der Waals surface area contributed by atoms with Crippen molar-refractivity contribution in [2.75, 3.05) is 5.75 Å². The average Bonchev–Trinajstić information content (AvgIpc) is 3.56. The molecule has 0 saturated carbocycles. The van der Waals surface area contributed by atoms with E-state index in [2.05, 4.69) is 33.6 Å². The van der Waals surface area contributed by atoms with E-state index >= 15 is 0 Å². The molecule has 45 heavy (non-hydrogen) atoms. The normalized spacial score (nSPS) is 29.9. The number of thioether (sulfide) groups is 1. The fraction of sp³-hybridized carbons (Fsp3) is 0.424. The number of amides is 1. The molecule has 240 valence electrons. The van der Waals surface area contributed by atoms with Gasteiger partial charge in [-0.2, -0.15) is 24.4 Å². The number of H-pyrrole nitrogens is 1. The van der Waals surface area contributed by atoms with E-state index in [1.807, 2.05) is 51.6 Å². The standard InChI is InChI=1S/C33H40N4O6S2/c1-15-19(5-7-29(38)39)25(34-22(15)11-24-17(3)21(9-10-44)33(43)36-24)13-26-20(6-8-30(40)41)16(2)23(35-26)12-27-31(28-14-45-28)18(4)32(42)37-27/h6,8-10,12-13,18,22,24,28,31-32,34-35,37,42,44H,5,7,11,14H2,1-4H3,(H,36,43)(H,38,39)(H,40,41)/b8-6-,10-9-,25-13-,27-12-/t18-,22?,24-,28+,31-,32?/m1/s1. The summed E-state index contributed by atoms with van der Waals surface area (Å²) in [6, 6.07) is -0.350. The first-order valence-electron chi connectivity index (χ1n) is 15.0. The van der Waals surface area contributed by atoms with Gasteiger partial charge in [0.25, 0.3) is 5.91 Å². The van der Waals surface area contributed by atoms with Crippen molar-refractivity contribution >= 4 is 60.5 Å². The van der Waals surface area contributed by atoms with Gasteiger partial charge in [-0.1, -0.05) is 6.92 Å². The summed E-state index contributed by atoms with van der Waals surface area (Å²) in [5.74, 6) is -0.808. The highest BCUT2D eigenvalue weighted by molar-refractivity contribution is 8.06. The summed E-state index contributed by atoms with van der Waals surface area (Å²) in [6.45, 7) is 7.87. The number of aromatic amines is 1.